The number of rotatable bonds is 5. The highest BCUT2D eigenvalue weighted by Gasteiger charge is 2.13. The molecular formula is C8H18OS. The second kappa shape index (κ2) is 5.03. The lowest BCUT2D eigenvalue weighted by Crippen LogP contribution is -2.23. The van der Waals surface area contributed by atoms with Crippen molar-refractivity contribution in [3.05, 3.63) is 0 Å². The molecule has 0 N–H and O–H groups in total. The third-order valence-corrected chi connectivity index (χ3v) is 1.96. The van der Waals surface area contributed by atoms with E-state index in [1.807, 2.05) is 0 Å². The van der Waals surface area contributed by atoms with Crippen LogP contribution in [0.4, 0.5) is 0 Å². The van der Waals surface area contributed by atoms with E-state index in [-0.39, 0.29) is 5.60 Å². The molecule has 0 rings (SSSR count). The molecule has 0 aliphatic carbocycles. The Morgan fingerprint density at radius 1 is 1.40 bits per heavy atom. The third kappa shape index (κ3) is 5.12. The second-order valence-electron chi connectivity index (χ2n) is 3.04. The molecule has 0 unspecified atom stereocenters. The first-order valence-corrected chi connectivity index (χ1v) is 4.50. The van der Waals surface area contributed by atoms with Crippen LogP contribution < -0.4 is 0 Å². The monoisotopic (exact) mass is 162 g/mol. The zero-order chi connectivity index (χ0) is 8.04. The summed E-state index contributed by atoms with van der Waals surface area (Å²) in [6.45, 7) is 7.21. The van der Waals surface area contributed by atoms with Crippen LogP contribution in [-0.4, -0.2) is 18.0 Å². The zero-order valence-corrected chi connectivity index (χ0v) is 8.08. The fourth-order valence-corrected chi connectivity index (χ4v) is 0.644. The topological polar surface area (TPSA) is 9.23 Å². The van der Waals surface area contributed by atoms with E-state index in [2.05, 4.69) is 33.4 Å². The molecule has 62 valence electrons. The Labute approximate surface area is 69.6 Å². The largest absolute Gasteiger partial charge is 0.376 e. The van der Waals surface area contributed by atoms with Crippen LogP contribution >= 0.6 is 12.6 Å². The first kappa shape index (κ1) is 10.3. The zero-order valence-electron chi connectivity index (χ0n) is 7.18. The molecule has 0 aromatic heterocycles. The van der Waals surface area contributed by atoms with Crippen LogP contribution in [-0.2, 0) is 4.74 Å². The van der Waals surface area contributed by atoms with Gasteiger partial charge in [0, 0.05) is 6.61 Å². The molecule has 0 aliphatic heterocycles. The van der Waals surface area contributed by atoms with Gasteiger partial charge in [-0.1, -0.05) is 6.92 Å². The van der Waals surface area contributed by atoms with E-state index in [1.165, 1.54) is 0 Å². The standard InChI is InChI=1S/C8H18OS/c1-4-8(2,3)9-6-5-7-10/h10H,4-7H2,1-3H3. The van der Waals surface area contributed by atoms with Crippen molar-refractivity contribution in [3.63, 3.8) is 0 Å². The smallest absolute Gasteiger partial charge is 0.0623 e. The van der Waals surface area contributed by atoms with Crippen molar-refractivity contribution in [2.75, 3.05) is 12.4 Å². The van der Waals surface area contributed by atoms with Crippen molar-refractivity contribution in [2.45, 2.75) is 39.2 Å². The Bertz CT molecular complexity index is 81.3. The predicted molar refractivity (Wildman–Crippen MR) is 48.8 cm³/mol. The Kier molecular flexibility index (Phi) is 5.18. The molecule has 0 aromatic carbocycles. The summed E-state index contributed by atoms with van der Waals surface area (Å²) in [4.78, 5) is 0. The lowest BCUT2D eigenvalue weighted by Gasteiger charge is -2.23. The van der Waals surface area contributed by atoms with Crippen LogP contribution in [0.2, 0.25) is 0 Å². The van der Waals surface area contributed by atoms with Crippen LogP contribution in [0.15, 0.2) is 0 Å². The highest BCUT2D eigenvalue weighted by atomic mass is 32.1. The van der Waals surface area contributed by atoms with Crippen LogP contribution in [0.25, 0.3) is 0 Å². The van der Waals surface area contributed by atoms with E-state index in [9.17, 15) is 0 Å². The molecule has 1 nitrogen and oxygen atoms in total. The summed E-state index contributed by atoms with van der Waals surface area (Å²) in [5, 5.41) is 0. The minimum atomic E-state index is 0.0585. The molecule has 0 fully saturated rings. The summed E-state index contributed by atoms with van der Waals surface area (Å²) in [6, 6.07) is 0. The van der Waals surface area contributed by atoms with Gasteiger partial charge in [0.1, 0.15) is 0 Å². The van der Waals surface area contributed by atoms with Crippen molar-refractivity contribution in [1.82, 2.24) is 0 Å². The summed E-state index contributed by atoms with van der Waals surface area (Å²) in [6.07, 6.45) is 2.12. The maximum atomic E-state index is 5.57. The SMILES string of the molecule is CCC(C)(C)OCCCS. The van der Waals surface area contributed by atoms with Gasteiger partial charge in [-0.15, -0.1) is 0 Å². The van der Waals surface area contributed by atoms with Gasteiger partial charge in [0.25, 0.3) is 0 Å². The molecule has 0 amide bonds. The van der Waals surface area contributed by atoms with Crippen LogP contribution in [0.1, 0.15) is 33.6 Å². The van der Waals surface area contributed by atoms with E-state index >= 15 is 0 Å². The van der Waals surface area contributed by atoms with Crippen molar-refractivity contribution >= 4 is 12.6 Å². The fourth-order valence-electron chi connectivity index (χ4n) is 0.515. The molecule has 0 saturated carbocycles. The Morgan fingerprint density at radius 2 is 2.00 bits per heavy atom. The quantitative estimate of drug-likeness (QED) is 0.483. The molecule has 0 aromatic rings. The Hall–Kier alpha value is 0.310. The molecule has 10 heavy (non-hydrogen) atoms. The third-order valence-electron chi connectivity index (χ3n) is 1.65. The van der Waals surface area contributed by atoms with Crippen LogP contribution in [0.5, 0.6) is 0 Å². The van der Waals surface area contributed by atoms with Gasteiger partial charge in [-0.05, 0) is 32.4 Å². The van der Waals surface area contributed by atoms with E-state index in [0.29, 0.717) is 0 Å². The molecule has 0 heterocycles. The number of hydrogen-bond donors (Lipinski definition) is 1. The lowest BCUT2D eigenvalue weighted by molar-refractivity contribution is -0.0191. The van der Waals surface area contributed by atoms with Gasteiger partial charge in [-0.25, -0.2) is 0 Å². The molecule has 0 spiro atoms. The molecular weight excluding hydrogens is 144 g/mol. The van der Waals surface area contributed by atoms with Gasteiger partial charge >= 0.3 is 0 Å². The van der Waals surface area contributed by atoms with Crippen LogP contribution in [0, 0.1) is 0 Å². The van der Waals surface area contributed by atoms with Gasteiger partial charge in [0.05, 0.1) is 5.60 Å². The van der Waals surface area contributed by atoms with Crippen LogP contribution in [0.3, 0.4) is 0 Å². The first-order valence-electron chi connectivity index (χ1n) is 3.87. The number of thiol groups is 1. The summed E-state index contributed by atoms with van der Waals surface area (Å²) >= 11 is 4.10. The second-order valence-corrected chi connectivity index (χ2v) is 3.49. The van der Waals surface area contributed by atoms with Gasteiger partial charge in [0.15, 0.2) is 0 Å². The van der Waals surface area contributed by atoms with Crippen molar-refractivity contribution in [1.29, 1.82) is 0 Å². The predicted octanol–water partition coefficient (Wildman–Crippen LogP) is 2.51. The maximum Gasteiger partial charge on any atom is 0.0623 e. The van der Waals surface area contributed by atoms with Crippen molar-refractivity contribution < 1.29 is 4.74 Å². The highest BCUT2D eigenvalue weighted by molar-refractivity contribution is 7.80. The number of ether oxygens (including phenoxy) is 1. The average molecular weight is 162 g/mol. The van der Waals surface area contributed by atoms with Crippen molar-refractivity contribution in [3.8, 4) is 0 Å². The van der Waals surface area contributed by atoms with Crippen molar-refractivity contribution in [2.24, 2.45) is 0 Å². The van der Waals surface area contributed by atoms with Gasteiger partial charge < -0.3 is 4.74 Å². The average Bonchev–Trinajstić information content (AvgIpc) is 1.89. The summed E-state index contributed by atoms with van der Waals surface area (Å²) in [5.74, 6) is 0.916. The van der Waals surface area contributed by atoms with E-state index in [4.69, 9.17) is 4.74 Å². The molecule has 0 atom stereocenters. The molecule has 0 saturated heterocycles. The van der Waals surface area contributed by atoms with E-state index < -0.39 is 0 Å². The van der Waals surface area contributed by atoms with Gasteiger partial charge in [-0.2, -0.15) is 12.6 Å². The minimum Gasteiger partial charge on any atom is -0.376 e. The summed E-state index contributed by atoms with van der Waals surface area (Å²) < 4.78 is 5.57. The lowest BCUT2D eigenvalue weighted by atomic mass is 10.1. The maximum absolute atomic E-state index is 5.57. The fraction of sp³-hybridized carbons (Fsp3) is 1.00. The number of hydrogen-bond acceptors (Lipinski definition) is 2. The Balaban J connectivity index is 3.28. The highest BCUT2D eigenvalue weighted by Crippen LogP contribution is 2.13. The molecule has 2 heteroatoms. The Morgan fingerprint density at radius 3 is 2.40 bits per heavy atom. The normalized spacial score (nSPS) is 12.0. The summed E-state index contributed by atoms with van der Waals surface area (Å²) in [7, 11) is 0. The van der Waals surface area contributed by atoms with E-state index in [0.717, 1.165) is 25.2 Å². The molecule has 0 radical (unpaired) electrons. The molecule has 0 bridgehead atoms. The summed E-state index contributed by atoms with van der Waals surface area (Å²) in [5.41, 5.74) is 0.0585. The first-order chi connectivity index (χ1) is 4.62. The molecule has 0 aliphatic rings. The van der Waals surface area contributed by atoms with Gasteiger partial charge in [0.2, 0.25) is 0 Å². The van der Waals surface area contributed by atoms with E-state index in [1.54, 1.807) is 0 Å². The van der Waals surface area contributed by atoms with Gasteiger partial charge in [-0.3, -0.25) is 0 Å². The minimum absolute atomic E-state index is 0.0585.